The molecule has 0 aliphatic carbocycles. The van der Waals surface area contributed by atoms with Gasteiger partial charge in [-0.05, 0) is 31.5 Å². The second-order valence-corrected chi connectivity index (χ2v) is 4.01. The number of anilines is 1. The molecule has 0 atom stereocenters. The molecule has 1 amide bonds. The highest BCUT2D eigenvalue weighted by Gasteiger charge is 2.13. The Labute approximate surface area is 99.0 Å². The first-order valence-electron chi connectivity index (χ1n) is 5.22. The molecule has 0 bridgehead atoms. The number of aromatic nitrogens is 2. The van der Waals surface area contributed by atoms with Crippen LogP contribution in [-0.4, -0.2) is 15.7 Å². The number of carbonyl (C=O) groups is 1. The van der Waals surface area contributed by atoms with Crippen molar-refractivity contribution in [2.45, 2.75) is 13.8 Å². The molecule has 1 heterocycles. The summed E-state index contributed by atoms with van der Waals surface area (Å²) in [6.45, 7) is 3.81. The van der Waals surface area contributed by atoms with E-state index in [-0.39, 0.29) is 0 Å². The van der Waals surface area contributed by atoms with E-state index in [2.05, 4.69) is 5.10 Å². The maximum Gasteiger partial charge on any atom is 0.250 e. The standard InChI is InChI=1S/C12H14N4O/c1-7-3-4-9(12(14)17)10(5-7)16-8(2)6-11(13)15-16/h3-6H,1-2H3,(H2,13,15)(H2,14,17). The Bertz CT molecular complexity index is 586. The topological polar surface area (TPSA) is 86.9 Å². The lowest BCUT2D eigenvalue weighted by Crippen LogP contribution is -2.15. The second-order valence-electron chi connectivity index (χ2n) is 4.01. The van der Waals surface area contributed by atoms with E-state index in [0.717, 1.165) is 11.3 Å². The Balaban J connectivity index is 2.69. The van der Waals surface area contributed by atoms with E-state index in [1.54, 1.807) is 16.8 Å². The number of hydrogen-bond acceptors (Lipinski definition) is 3. The first kappa shape index (κ1) is 11.2. The summed E-state index contributed by atoms with van der Waals surface area (Å²) in [7, 11) is 0. The molecule has 2 aromatic rings. The number of aryl methyl sites for hydroxylation is 2. The maximum absolute atomic E-state index is 11.4. The molecule has 0 aliphatic heterocycles. The van der Waals surface area contributed by atoms with Crippen molar-refractivity contribution in [2.24, 2.45) is 5.73 Å². The molecule has 0 saturated heterocycles. The fourth-order valence-electron chi connectivity index (χ4n) is 1.77. The van der Waals surface area contributed by atoms with Gasteiger partial charge in [0.2, 0.25) is 0 Å². The zero-order chi connectivity index (χ0) is 12.6. The Morgan fingerprint density at radius 1 is 1.29 bits per heavy atom. The van der Waals surface area contributed by atoms with Crippen molar-refractivity contribution in [1.29, 1.82) is 0 Å². The van der Waals surface area contributed by atoms with E-state index in [0.29, 0.717) is 17.1 Å². The maximum atomic E-state index is 11.4. The monoisotopic (exact) mass is 230 g/mol. The van der Waals surface area contributed by atoms with Gasteiger partial charge in [-0.3, -0.25) is 4.79 Å². The van der Waals surface area contributed by atoms with Crippen LogP contribution < -0.4 is 11.5 Å². The predicted octanol–water partition coefficient (Wildman–Crippen LogP) is 1.17. The third kappa shape index (κ3) is 1.99. The average Bonchev–Trinajstić information content (AvgIpc) is 2.57. The fourth-order valence-corrected chi connectivity index (χ4v) is 1.77. The summed E-state index contributed by atoms with van der Waals surface area (Å²) in [6, 6.07) is 7.14. The molecular formula is C12H14N4O. The lowest BCUT2D eigenvalue weighted by molar-refractivity contribution is 0.1000. The minimum absolute atomic E-state index is 0.416. The Hall–Kier alpha value is -2.30. The molecule has 0 spiro atoms. The van der Waals surface area contributed by atoms with E-state index >= 15 is 0 Å². The number of rotatable bonds is 2. The van der Waals surface area contributed by atoms with Gasteiger partial charge in [-0.1, -0.05) is 6.07 Å². The van der Waals surface area contributed by atoms with Gasteiger partial charge < -0.3 is 11.5 Å². The Kier molecular flexibility index (Phi) is 2.59. The summed E-state index contributed by atoms with van der Waals surface area (Å²) in [5.74, 6) is -0.0621. The minimum atomic E-state index is -0.478. The van der Waals surface area contributed by atoms with E-state index in [4.69, 9.17) is 11.5 Å². The molecule has 17 heavy (non-hydrogen) atoms. The van der Waals surface area contributed by atoms with E-state index in [1.165, 1.54) is 0 Å². The number of hydrogen-bond donors (Lipinski definition) is 2. The molecule has 0 fully saturated rings. The highest BCUT2D eigenvalue weighted by atomic mass is 16.1. The molecule has 2 rings (SSSR count). The molecule has 0 aliphatic rings. The molecule has 88 valence electrons. The molecule has 5 heteroatoms. The van der Waals surface area contributed by atoms with Crippen molar-refractivity contribution in [3.63, 3.8) is 0 Å². The van der Waals surface area contributed by atoms with Crippen molar-refractivity contribution in [3.8, 4) is 5.69 Å². The summed E-state index contributed by atoms with van der Waals surface area (Å²) in [5.41, 5.74) is 14.0. The van der Waals surface area contributed by atoms with Gasteiger partial charge in [0.15, 0.2) is 0 Å². The van der Waals surface area contributed by atoms with Crippen LogP contribution in [0.25, 0.3) is 5.69 Å². The lowest BCUT2D eigenvalue weighted by Gasteiger charge is -2.09. The van der Waals surface area contributed by atoms with Crippen LogP contribution in [0.15, 0.2) is 24.3 Å². The van der Waals surface area contributed by atoms with Crippen molar-refractivity contribution in [1.82, 2.24) is 9.78 Å². The Morgan fingerprint density at radius 3 is 2.53 bits per heavy atom. The molecule has 4 N–H and O–H groups in total. The van der Waals surface area contributed by atoms with Gasteiger partial charge in [-0.25, -0.2) is 4.68 Å². The zero-order valence-corrected chi connectivity index (χ0v) is 9.77. The average molecular weight is 230 g/mol. The predicted molar refractivity (Wildman–Crippen MR) is 66.0 cm³/mol. The number of amides is 1. The zero-order valence-electron chi connectivity index (χ0n) is 9.77. The van der Waals surface area contributed by atoms with Gasteiger partial charge in [-0.15, -0.1) is 0 Å². The van der Waals surface area contributed by atoms with Gasteiger partial charge in [-0.2, -0.15) is 5.10 Å². The third-order valence-corrected chi connectivity index (χ3v) is 2.55. The molecule has 1 aromatic carbocycles. The van der Waals surface area contributed by atoms with Gasteiger partial charge >= 0.3 is 0 Å². The summed E-state index contributed by atoms with van der Waals surface area (Å²) in [6.07, 6.45) is 0. The first-order valence-corrected chi connectivity index (χ1v) is 5.22. The number of benzene rings is 1. The molecule has 0 radical (unpaired) electrons. The van der Waals surface area contributed by atoms with Gasteiger partial charge in [0.1, 0.15) is 5.82 Å². The molecule has 0 unspecified atom stereocenters. The summed E-state index contributed by atoms with van der Waals surface area (Å²) >= 11 is 0. The van der Waals surface area contributed by atoms with Crippen LogP contribution in [-0.2, 0) is 0 Å². The van der Waals surface area contributed by atoms with Crippen molar-refractivity contribution >= 4 is 11.7 Å². The molecular weight excluding hydrogens is 216 g/mol. The largest absolute Gasteiger partial charge is 0.382 e. The third-order valence-electron chi connectivity index (χ3n) is 2.55. The van der Waals surface area contributed by atoms with E-state index in [9.17, 15) is 4.79 Å². The molecule has 5 nitrogen and oxygen atoms in total. The highest BCUT2D eigenvalue weighted by molar-refractivity contribution is 5.96. The summed E-state index contributed by atoms with van der Waals surface area (Å²) in [4.78, 5) is 11.4. The van der Waals surface area contributed by atoms with Crippen molar-refractivity contribution in [3.05, 3.63) is 41.1 Å². The van der Waals surface area contributed by atoms with Crippen molar-refractivity contribution in [2.75, 3.05) is 5.73 Å². The SMILES string of the molecule is Cc1ccc(C(N)=O)c(-n2nc(N)cc2C)c1. The van der Waals surface area contributed by atoms with Crippen LogP contribution in [0.2, 0.25) is 0 Å². The lowest BCUT2D eigenvalue weighted by atomic mass is 10.1. The van der Waals surface area contributed by atoms with Crippen LogP contribution >= 0.6 is 0 Å². The number of primary amides is 1. The van der Waals surface area contributed by atoms with Crippen molar-refractivity contribution < 1.29 is 4.79 Å². The molecule has 1 aromatic heterocycles. The van der Waals surface area contributed by atoms with Gasteiger partial charge in [0, 0.05) is 11.8 Å². The van der Waals surface area contributed by atoms with Crippen LogP contribution in [0.1, 0.15) is 21.6 Å². The number of carbonyl (C=O) groups excluding carboxylic acids is 1. The minimum Gasteiger partial charge on any atom is -0.382 e. The first-order chi connectivity index (χ1) is 7.99. The highest BCUT2D eigenvalue weighted by Crippen LogP contribution is 2.19. The molecule has 0 saturated carbocycles. The number of nitrogen functional groups attached to an aromatic ring is 1. The second kappa shape index (κ2) is 3.93. The quantitative estimate of drug-likeness (QED) is 0.811. The van der Waals surface area contributed by atoms with Crippen LogP contribution in [0.5, 0.6) is 0 Å². The fraction of sp³-hybridized carbons (Fsp3) is 0.167. The van der Waals surface area contributed by atoms with Crippen LogP contribution in [0.3, 0.4) is 0 Å². The van der Waals surface area contributed by atoms with Crippen LogP contribution in [0.4, 0.5) is 5.82 Å². The number of nitrogens with two attached hydrogens (primary N) is 2. The smallest absolute Gasteiger partial charge is 0.250 e. The normalized spacial score (nSPS) is 10.5. The summed E-state index contributed by atoms with van der Waals surface area (Å²) < 4.78 is 1.63. The van der Waals surface area contributed by atoms with E-state index in [1.807, 2.05) is 26.0 Å². The number of nitrogens with zero attached hydrogens (tertiary/aromatic N) is 2. The van der Waals surface area contributed by atoms with Gasteiger partial charge in [0.05, 0.1) is 11.3 Å². The van der Waals surface area contributed by atoms with Crippen LogP contribution in [0, 0.1) is 13.8 Å². The van der Waals surface area contributed by atoms with E-state index < -0.39 is 5.91 Å². The Morgan fingerprint density at radius 2 is 2.00 bits per heavy atom. The summed E-state index contributed by atoms with van der Waals surface area (Å²) in [5, 5.41) is 4.15. The van der Waals surface area contributed by atoms with Gasteiger partial charge in [0.25, 0.3) is 5.91 Å².